The lowest BCUT2D eigenvalue weighted by molar-refractivity contribution is 0.590. The van der Waals surface area contributed by atoms with Gasteiger partial charge in [-0.15, -0.1) is 0 Å². The summed E-state index contributed by atoms with van der Waals surface area (Å²) in [6.45, 7) is 0. The molecule has 48 heavy (non-hydrogen) atoms. The van der Waals surface area contributed by atoms with Gasteiger partial charge in [-0.1, -0.05) is 24.3 Å². The van der Waals surface area contributed by atoms with Crippen molar-refractivity contribution in [2.75, 3.05) is 0 Å². The number of hydrogen-bond acceptors (Lipinski definition) is 10. The molecule has 0 saturated carbocycles. The summed E-state index contributed by atoms with van der Waals surface area (Å²) in [5.74, 6) is 0. The van der Waals surface area contributed by atoms with E-state index < -0.39 is 19.7 Å². The Morgan fingerprint density at radius 1 is 0.458 bits per heavy atom. The standard InChI is InChI=1S/C36H16N6O4S2/c37-17-21(18-38)35-29-13-23(47(43,44)33-5-1-3-11-41-33)7-9-25(29)27-15-32-28(16-31(27)35)26-10-8-24(14-30(26)36(32)22(19-39)20-40)48(45,46)34-6-2-4-12-42-34/h1-16H. The average molecular weight is 661 g/mol. The summed E-state index contributed by atoms with van der Waals surface area (Å²) in [4.78, 5) is 7.80. The Morgan fingerprint density at radius 2 is 0.833 bits per heavy atom. The number of nitrogens with zero attached hydrogens (tertiary/aromatic N) is 6. The second-order valence-electron chi connectivity index (χ2n) is 10.6. The predicted octanol–water partition coefficient (Wildman–Crippen LogP) is 5.80. The van der Waals surface area contributed by atoms with E-state index in [-0.39, 0.29) is 42.1 Å². The second kappa shape index (κ2) is 11.0. The van der Waals surface area contributed by atoms with Gasteiger partial charge in [0.25, 0.3) is 0 Å². The van der Waals surface area contributed by atoms with E-state index in [0.29, 0.717) is 44.5 Å². The Kier molecular flexibility index (Phi) is 6.86. The zero-order valence-electron chi connectivity index (χ0n) is 24.4. The van der Waals surface area contributed by atoms with Gasteiger partial charge in [-0.25, -0.2) is 26.8 Å². The number of sulfone groups is 2. The molecule has 2 aliphatic rings. The lowest BCUT2D eigenvalue weighted by Crippen LogP contribution is -2.04. The third-order valence-electron chi connectivity index (χ3n) is 8.19. The Morgan fingerprint density at radius 3 is 1.17 bits per heavy atom. The van der Waals surface area contributed by atoms with Crippen LogP contribution in [0.5, 0.6) is 0 Å². The number of rotatable bonds is 4. The van der Waals surface area contributed by atoms with Crippen LogP contribution in [-0.4, -0.2) is 26.8 Å². The third kappa shape index (κ3) is 4.34. The van der Waals surface area contributed by atoms with Crippen molar-refractivity contribution in [3.8, 4) is 46.5 Å². The van der Waals surface area contributed by atoms with Gasteiger partial charge >= 0.3 is 0 Å². The largest absolute Gasteiger partial charge is 0.244 e. The minimum atomic E-state index is -4.06. The number of allylic oxidation sites excluding steroid dienone is 2. The number of hydrogen-bond donors (Lipinski definition) is 0. The van der Waals surface area contributed by atoms with E-state index in [2.05, 4.69) is 9.97 Å². The van der Waals surface area contributed by atoms with Crippen LogP contribution in [-0.2, 0) is 19.7 Å². The van der Waals surface area contributed by atoms with Crippen LogP contribution >= 0.6 is 0 Å². The monoisotopic (exact) mass is 660 g/mol. The maximum Gasteiger partial charge on any atom is 0.223 e. The van der Waals surface area contributed by atoms with Crippen LogP contribution < -0.4 is 0 Å². The maximum atomic E-state index is 13.5. The highest BCUT2D eigenvalue weighted by Gasteiger charge is 2.35. The van der Waals surface area contributed by atoms with E-state index in [1.807, 2.05) is 24.3 Å². The van der Waals surface area contributed by atoms with E-state index in [9.17, 15) is 37.9 Å². The maximum absolute atomic E-state index is 13.5. The molecule has 0 bridgehead atoms. The first-order valence-corrected chi connectivity index (χ1v) is 17.0. The second-order valence-corrected chi connectivity index (χ2v) is 14.4. The highest BCUT2D eigenvalue weighted by atomic mass is 32.2. The minimum Gasteiger partial charge on any atom is -0.244 e. The zero-order chi connectivity index (χ0) is 33.8. The quantitative estimate of drug-likeness (QED) is 0.209. The van der Waals surface area contributed by atoms with Gasteiger partial charge in [0, 0.05) is 23.5 Å². The molecule has 0 saturated heterocycles. The summed E-state index contributed by atoms with van der Waals surface area (Å²) in [5.41, 5.74) is 3.66. The molecule has 10 nitrogen and oxygen atoms in total. The van der Waals surface area contributed by atoms with Gasteiger partial charge in [-0.3, -0.25) is 0 Å². The lowest BCUT2D eigenvalue weighted by atomic mass is 9.93. The fourth-order valence-corrected chi connectivity index (χ4v) is 8.52. The van der Waals surface area contributed by atoms with Crippen LogP contribution in [0, 0.1) is 45.3 Å². The molecule has 12 heteroatoms. The molecule has 0 aliphatic heterocycles. The van der Waals surface area contributed by atoms with Gasteiger partial charge in [0.15, 0.2) is 10.1 Å². The Bertz CT molecular complexity index is 2510. The molecule has 0 radical (unpaired) electrons. The molecule has 2 heterocycles. The topological polar surface area (TPSA) is 189 Å². The molecule has 0 atom stereocenters. The van der Waals surface area contributed by atoms with Crippen molar-refractivity contribution in [2.45, 2.75) is 19.8 Å². The summed E-state index contributed by atoms with van der Waals surface area (Å²) in [6.07, 6.45) is 2.73. The molecule has 0 unspecified atom stereocenters. The lowest BCUT2D eigenvalue weighted by Gasteiger charge is -2.08. The van der Waals surface area contributed by atoms with Gasteiger partial charge < -0.3 is 0 Å². The van der Waals surface area contributed by atoms with Gasteiger partial charge in [-0.05, 0) is 105 Å². The van der Waals surface area contributed by atoms with Crippen LogP contribution in [0.3, 0.4) is 0 Å². The summed E-state index contributed by atoms with van der Waals surface area (Å²) < 4.78 is 53.9. The summed E-state index contributed by atoms with van der Waals surface area (Å²) in [5, 5.41) is 39.6. The molecule has 3 aromatic carbocycles. The predicted molar refractivity (Wildman–Crippen MR) is 171 cm³/mol. The van der Waals surface area contributed by atoms with Crippen molar-refractivity contribution in [1.82, 2.24) is 9.97 Å². The molecule has 0 fully saturated rings. The third-order valence-corrected chi connectivity index (χ3v) is 11.5. The van der Waals surface area contributed by atoms with Crippen LogP contribution in [0.1, 0.15) is 22.3 Å². The number of nitriles is 4. The Hall–Kier alpha value is -6.70. The summed E-state index contributed by atoms with van der Waals surface area (Å²) in [7, 11) is -8.11. The average Bonchev–Trinajstić information content (AvgIpc) is 3.60. The molecule has 7 rings (SSSR count). The Labute approximate surface area is 274 Å². The van der Waals surface area contributed by atoms with Crippen molar-refractivity contribution >= 4 is 30.8 Å². The number of aromatic nitrogens is 2. The van der Waals surface area contributed by atoms with Crippen molar-refractivity contribution in [1.29, 1.82) is 21.0 Å². The van der Waals surface area contributed by atoms with Crippen molar-refractivity contribution < 1.29 is 16.8 Å². The number of benzene rings is 3. The van der Waals surface area contributed by atoms with Gasteiger partial charge in [0.2, 0.25) is 19.7 Å². The van der Waals surface area contributed by atoms with Crippen molar-refractivity contribution in [2.24, 2.45) is 0 Å². The SMILES string of the molecule is N#CC(C#N)=C1c2cc(S(=O)(=O)c3ccccn3)ccc2-c2cc3c(cc21)-c1ccc(S(=O)(=O)c2ccccn2)cc1C3=C(C#N)C#N. The first-order chi connectivity index (χ1) is 23.1. The highest BCUT2D eigenvalue weighted by molar-refractivity contribution is 7.91. The normalized spacial score (nSPS) is 12.3. The summed E-state index contributed by atoms with van der Waals surface area (Å²) in [6, 6.07) is 29.0. The van der Waals surface area contributed by atoms with Crippen LogP contribution in [0.15, 0.2) is 128 Å². The fraction of sp³-hybridized carbons (Fsp3) is 0. The van der Waals surface area contributed by atoms with E-state index >= 15 is 0 Å². The van der Waals surface area contributed by atoms with E-state index in [4.69, 9.17) is 0 Å². The van der Waals surface area contributed by atoms with Crippen LogP contribution in [0.4, 0.5) is 0 Å². The van der Waals surface area contributed by atoms with E-state index in [1.165, 1.54) is 48.8 Å². The fourth-order valence-electron chi connectivity index (χ4n) is 6.08. The molecular formula is C36H16N6O4S2. The highest BCUT2D eigenvalue weighted by Crippen LogP contribution is 2.54. The molecule has 0 spiro atoms. The number of pyridine rings is 2. The first kappa shape index (κ1) is 30.0. The minimum absolute atomic E-state index is 0.0863. The van der Waals surface area contributed by atoms with Crippen molar-refractivity contribution in [3.63, 3.8) is 0 Å². The van der Waals surface area contributed by atoms with Gasteiger partial charge in [0.1, 0.15) is 35.4 Å². The summed E-state index contributed by atoms with van der Waals surface area (Å²) >= 11 is 0. The molecule has 226 valence electrons. The zero-order valence-corrected chi connectivity index (χ0v) is 26.0. The van der Waals surface area contributed by atoms with Crippen molar-refractivity contribution in [3.05, 3.63) is 131 Å². The molecule has 0 N–H and O–H groups in total. The van der Waals surface area contributed by atoms with Crippen LogP contribution in [0.2, 0.25) is 0 Å². The van der Waals surface area contributed by atoms with Gasteiger partial charge in [-0.2, -0.15) is 21.0 Å². The van der Waals surface area contributed by atoms with E-state index in [0.717, 1.165) is 0 Å². The molecule has 0 amide bonds. The smallest absolute Gasteiger partial charge is 0.223 e. The molecular weight excluding hydrogens is 645 g/mol. The van der Waals surface area contributed by atoms with Crippen LogP contribution in [0.25, 0.3) is 33.4 Å². The van der Waals surface area contributed by atoms with Gasteiger partial charge in [0.05, 0.1) is 9.79 Å². The molecule has 2 aliphatic carbocycles. The first-order valence-electron chi connectivity index (χ1n) is 14.0. The molecule has 2 aromatic heterocycles. The Balaban J connectivity index is 1.48. The van der Waals surface area contributed by atoms with E-state index in [1.54, 1.807) is 48.5 Å². The molecule has 5 aromatic rings. The number of fused-ring (bicyclic) bond motifs is 6.